The number of hydrogen-bond donors (Lipinski definition) is 1. The van der Waals surface area contributed by atoms with E-state index in [1.54, 1.807) is 0 Å². The lowest BCUT2D eigenvalue weighted by Gasteiger charge is -2.22. The van der Waals surface area contributed by atoms with Crippen LogP contribution in [0.3, 0.4) is 0 Å². The SMILES string of the molecule is CCCCN(C)C(=NCCC(=O)N(CC)CC)NCC. The highest BCUT2D eigenvalue weighted by atomic mass is 16.2. The van der Waals surface area contributed by atoms with Gasteiger partial charge in [0.15, 0.2) is 5.96 Å². The second-order valence-corrected chi connectivity index (χ2v) is 4.83. The molecule has 0 aromatic carbocycles. The number of guanidine groups is 1. The summed E-state index contributed by atoms with van der Waals surface area (Å²) in [7, 11) is 2.05. The van der Waals surface area contributed by atoms with Gasteiger partial charge in [0.05, 0.1) is 6.54 Å². The molecule has 0 atom stereocenters. The van der Waals surface area contributed by atoms with Crippen molar-refractivity contribution in [2.75, 3.05) is 39.8 Å². The summed E-state index contributed by atoms with van der Waals surface area (Å²) in [6.45, 7) is 12.2. The van der Waals surface area contributed by atoms with Crippen molar-refractivity contribution in [2.45, 2.75) is 47.0 Å². The first-order chi connectivity index (χ1) is 9.60. The zero-order valence-electron chi connectivity index (χ0n) is 13.9. The van der Waals surface area contributed by atoms with Gasteiger partial charge >= 0.3 is 0 Å². The predicted octanol–water partition coefficient (Wildman–Crippen LogP) is 1.94. The number of carbonyl (C=O) groups is 1. The van der Waals surface area contributed by atoms with E-state index in [0.29, 0.717) is 13.0 Å². The average Bonchev–Trinajstić information content (AvgIpc) is 2.45. The van der Waals surface area contributed by atoms with Crippen LogP contribution in [-0.4, -0.2) is 61.4 Å². The van der Waals surface area contributed by atoms with Gasteiger partial charge in [0.2, 0.25) is 5.91 Å². The minimum atomic E-state index is 0.186. The maximum absolute atomic E-state index is 11.9. The van der Waals surface area contributed by atoms with E-state index in [9.17, 15) is 4.79 Å². The van der Waals surface area contributed by atoms with Gasteiger partial charge < -0.3 is 15.1 Å². The fourth-order valence-corrected chi connectivity index (χ4v) is 1.96. The third-order valence-electron chi connectivity index (χ3n) is 3.25. The number of rotatable bonds is 9. The topological polar surface area (TPSA) is 47.9 Å². The standard InChI is InChI=1S/C15H32N4O/c1-6-10-13-18(5)15(16-7-2)17-12-11-14(20)19(8-3)9-4/h6-13H2,1-5H3,(H,16,17). The lowest BCUT2D eigenvalue weighted by atomic mass is 10.3. The minimum absolute atomic E-state index is 0.186. The van der Waals surface area contributed by atoms with Gasteiger partial charge in [0.1, 0.15) is 0 Å². The van der Waals surface area contributed by atoms with Crippen LogP contribution in [-0.2, 0) is 4.79 Å². The van der Waals surface area contributed by atoms with Crippen molar-refractivity contribution in [1.29, 1.82) is 0 Å². The van der Waals surface area contributed by atoms with Crippen LogP contribution in [0.2, 0.25) is 0 Å². The van der Waals surface area contributed by atoms with Crippen LogP contribution in [0.25, 0.3) is 0 Å². The second-order valence-electron chi connectivity index (χ2n) is 4.83. The maximum atomic E-state index is 11.9. The van der Waals surface area contributed by atoms with E-state index in [1.807, 2.05) is 25.8 Å². The fraction of sp³-hybridized carbons (Fsp3) is 0.867. The Morgan fingerprint density at radius 2 is 1.80 bits per heavy atom. The van der Waals surface area contributed by atoms with Crippen molar-refractivity contribution < 1.29 is 4.79 Å². The highest BCUT2D eigenvalue weighted by Crippen LogP contribution is 1.97. The van der Waals surface area contributed by atoms with Crippen molar-refractivity contribution in [3.8, 4) is 0 Å². The van der Waals surface area contributed by atoms with E-state index >= 15 is 0 Å². The van der Waals surface area contributed by atoms with Crippen LogP contribution < -0.4 is 5.32 Å². The Labute approximate surface area is 124 Å². The lowest BCUT2D eigenvalue weighted by Crippen LogP contribution is -2.39. The molecule has 0 aliphatic carbocycles. The van der Waals surface area contributed by atoms with Crippen LogP contribution in [0.15, 0.2) is 4.99 Å². The average molecular weight is 284 g/mol. The molecular formula is C15H32N4O. The smallest absolute Gasteiger partial charge is 0.224 e. The molecule has 0 fully saturated rings. The summed E-state index contributed by atoms with van der Waals surface area (Å²) >= 11 is 0. The molecule has 20 heavy (non-hydrogen) atoms. The molecule has 5 heteroatoms. The van der Waals surface area contributed by atoms with Crippen LogP contribution in [0.5, 0.6) is 0 Å². The number of nitrogens with one attached hydrogen (secondary N) is 1. The highest BCUT2D eigenvalue weighted by molar-refractivity contribution is 5.80. The van der Waals surface area contributed by atoms with Crippen molar-refractivity contribution in [2.24, 2.45) is 4.99 Å². The second kappa shape index (κ2) is 11.6. The number of nitrogens with zero attached hydrogens (tertiary/aromatic N) is 3. The first-order valence-electron chi connectivity index (χ1n) is 7.87. The summed E-state index contributed by atoms with van der Waals surface area (Å²) < 4.78 is 0. The van der Waals surface area contributed by atoms with E-state index < -0.39 is 0 Å². The quantitative estimate of drug-likeness (QED) is 0.520. The summed E-state index contributed by atoms with van der Waals surface area (Å²) in [4.78, 5) is 20.4. The maximum Gasteiger partial charge on any atom is 0.224 e. The first kappa shape index (κ1) is 18.7. The molecule has 0 saturated carbocycles. The fourth-order valence-electron chi connectivity index (χ4n) is 1.96. The summed E-state index contributed by atoms with van der Waals surface area (Å²) in [5, 5.41) is 3.27. The van der Waals surface area contributed by atoms with Crippen LogP contribution in [0.1, 0.15) is 47.0 Å². The van der Waals surface area contributed by atoms with E-state index in [1.165, 1.54) is 6.42 Å². The van der Waals surface area contributed by atoms with Gasteiger partial charge in [0.25, 0.3) is 0 Å². The molecule has 0 saturated heterocycles. The van der Waals surface area contributed by atoms with Gasteiger partial charge in [-0.1, -0.05) is 13.3 Å². The Bertz CT molecular complexity index is 288. The number of unbranched alkanes of at least 4 members (excludes halogenated alkanes) is 1. The monoisotopic (exact) mass is 284 g/mol. The van der Waals surface area contributed by atoms with Crippen LogP contribution in [0.4, 0.5) is 0 Å². The molecule has 0 aliphatic heterocycles. The predicted molar refractivity (Wildman–Crippen MR) is 86.1 cm³/mol. The van der Waals surface area contributed by atoms with Gasteiger partial charge in [0, 0.05) is 39.6 Å². The van der Waals surface area contributed by atoms with Crippen molar-refractivity contribution in [1.82, 2.24) is 15.1 Å². The minimum Gasteiger partial charge on any atom is -0.357 e. The zero-order valence-corrected chi connectivity index (χ0v) is 13.9. The van der Waals surface area contributed by atoms with Gasteiger partial charge in [-0.25, -0.2) is 0 Å². The summed E-state index contributed by atoms with van der Waals surface area (Å²) in [5.74, 6) is 1.08. The molecule has 1 amide bonds. The van der Waals surface area contributed by atoms with E-state index in [4.69, 9.17) is 0 Å². The van der Waals surface area contributed by atoms with E-state index in [2.05, 4.69) is 29.1 Å². The molecule has 0 bridgehead atoms. The summed E-state index contributed by atoms with van der Waals surface area (Å²) in [5.41, 5.74) is 0. The van der Waals surface area contributed by atoms with Crippen LogP contribution in [0, 0.1) is 0 Å². The number of carbonyl (C=O) groups excluding carboxylic acids is 1. The summed E-state index contributed by atoms with van der Waals surface area (Å²) in [6.07, 6.45) is 2.81. The van der Waals surface area contributed by atoms with Crippen molar-refractivity contribution >= 4 is 11.9 Å². The number of hydrogen-bond acceptors (Lipinski definition) is 2. The number of aliphatic imine (C=N–C) groups is 1. The molecule has 118 valence electrons. The normalized spacial score (nSPS) is 11.3. The first-order valence-corrected chi connectivity index (χ1v) is 7.87. The van der Waals surface area contributed by atoms with Crippen molar-refractivity contribution in [3.05, 3.63) is 0 Å². The van der Waals surface area contributed by atoms with Gasteiger partial charge in [-0.2, -0.15) is 0 Å². The largest absolute Gasteiger partial charge is 0.357 e. The molecule has 0 aromatic rings. The Balaban J connectivity index is 4.36. The summed E-state index contributed by atoms with van der Waals surface area (Å²) in [6, 6.07) is 0. The third-order valence-corrected chi connectivity index (χ3v) is 3.25. The Kier molecular flexibility index (Phi) is 10.8. The lowest BCUT2D eigenvalue weighted by molar-refractivity contribution is -0.130. The molecule has 0 heterocycles. The van der Waals surface area contributed by atoms with E-state index in [-0.39, 0.29) is 5.91 Å². The van der Waals surface area contributed by atoms with Crippen LogP contribution >= 0.6 is 0 Å². The third kappa shape index (κ3) is 7.36. The molecule has 0 aromatic heterocycles. The Hall–Kier alpha value is -1.26. The molecular weight excluding hydrogens is 252 g/mol. The van der Waals surface area contributed by atoms with Gasteiger partial charge in [-0.15, -0.1) is 0 Å². The molecule has 0 aliphatic rings. The Morgan fingerprint density at radius 3 is 2.30 bits per heavy atom. The highest BCUT2D eigenvalue weighted by Gasteiger charge is 2.09. The molecule has 0 radical (unpaired) electrons. The molecule has 1 N–H and O–H groups in total. The molecule has 0 spiro atoms. The Morgan fingerprint density at radius 1 is 1.15 bits per heavy atom. The van der Waals surface area contributed by atoms with Crippen molar-refractivity contribution in [3.63, 3.8) is 0 Å². The van der Waals surface area contributed by atoms with Gasteiger partial charge in [-0.05, 0) is 27.2 Å². The molecule has 5 nitrogen and oxygen atoms in total. The molecule has 0 unspecified atom stereocenters. The number of amides is 1. The zero-order chi connectivity index (χ0) is 15.4. The van der Waals surface area contributed by atoms with E-state index in [0.717, 1.165) is 38.6 Å². The molecule has 0 rings (SSSR count). The van der Waals surface area contributed by atoms with Gasteiger partial charge in [-0.3, -0.25) is 9.79 Å².